The zero-order valence-electron chi connectivity index (χ0n) is 21.3. The standard InChI is InChI=1S/C32H35NO4/c34-30-18-16-24(20-27(30)22-11-5-2-6-12-22)32(28-14-8-7-13-25(28)31(35)37-32)23-15-17-29(33-36)26(19-23)21-9-3-1-4-10-21/h7-8,13-16,18-22,29,34H,1-6,9-12,17H2. The first kappa shape index (κ1) is 24.1. The van der Waals surface area contributed by atoms with E-state index < -0.39 is 5.60 Å². The van der Waals surface area contributed by atoms with Gasteiger partial charge in [0, 0.05) is 16.7 Å². The number of esters is 1. The van der Waals surface area contributed by atoms with Crippen LogP contribution in [0.1, 0.15) is 104 Å². The normalized spacial score (nSPS) is 26.7. The van der Waals surface area contributed by atoms with Gasteiger partial charge in [0.2, 0.25) is 0 Å². The van der Waals surface area contributed by atoms with Crippen molar-refractivity contribution in [3.05, 3.63) is 92.9 Å². The summed E-state index contributed by atoms with van der Waals surface area (Å²) in [7, 11) is 0. The van der Waals surface area contributed by atoms with E-state index in [0.717, 1.165) is 79.2 Å². The zero-order chi connectivity index (χ0) is 25.4. The molecule has 5 heteroatoms. The summed E-state index contributed by atoms with van der Waals surface area (Å²) in [5.41, 5.74) is 4.05. The monoisotopic (exact) mass is 497 g/mol. The summed E-state index contributed by atoms with van der Waals surface area (Å²) in [4.78, 5) is 25.1. The minimum Gasteiger partial charge on any atom is -0.508 e. The van der Waals surface area contributed by atoms with Crippen LogP contribution < -0.4 is 0 Å². The Balaban J connectivity index is 1.52. The Morgan fingerprint density at radius 1 is 0.892 bits per heavy atom. The molecule has 0 aromatic heterocycles. The molecule has 0 radical (unpaired) electrons. The lowest BCUT2D eigenvalue weighted by atomic mass is 9.72. The highest BCUT2D eigenvalue weighted by atomic mass is 16.6. The van der Waals surface area contributed by atoms with Gasteiger partial charge in [-0.2, -0.15) is 4.91 Å². The molecule has 2 unspecified atom stereocenters. The summed E-state index contributed by atoms with van der Waals surface area (Å²) >= 11 is 0. The van der Waals surface area contributed by atoms with Gasteiger partial charge >= 0.3 is 5.97 Å². The average molecular weight is 498 g/mol. The van der Waals surface area contributed by atoms with Crippen LogP contribution in [0, 0.1) is 10.8 Å². The molecule has 1 heterocycles. The molecule has 2 aromatic rings. The maximum absolute atomic E-state index is 13.3. The fourth-order valence-electron chi connectivity index (χ4n) is 7.21. The van der Waals surface area contributed by atoms with E-state index in [1.165, 1.54) is 12.8 Å². The van der Waals surface area contributed by atoms with E-state index in [-0.39, 0.29) is 12.0 Å². The third-order valence-electron chi connectivity index (χ3n) is 9.13. The summed E-state index contributed by atoms with van der Waals surface area (Å²) in [5.74, 6) is 0.606. The lowest BCUT2D eigenvalue weighted by Crippen LogP contribution is -2.33. The van der Waals surface area contributed by atoms with Crippen LogP contribution in [0.3, 0.4) is 0 Å². The topological polar surface area (TPSA) is 76.0 Å². The molecule has 2 atom stereocenters. The van der Waals surface area contributed by atoms with Gasteiger partial charge in [-0.05, 0) is 73.3 Å². The molecule has 2 fully saturated rings. The molecule has 6 rings (SSSR count). The van der Waals surface area contributed by atoms with Gasteiger partial charge in [-0.3, -0.25) is 0 Å². The number of hydrogen-bond donors (Lipinski definition) is 1. The van der Waals surface area contributed by atoms with E-state index in [2.05, 4.69) is 17.3 Å². The Morgan fingerprint density at radius 3 is 2.32 bits per heavy atom. The van der Waals surface area contributed by atoms with Gasteiger partial charge in [0.15, 0.2) is 5.60 Å². The lowest BCUT2D eigenvalue weighted by molar-refractivity contribution is 0.0246. The maximum atomic E-state index is 13.3. The first-order valence-electron chi connectivity index (χ1n) is 14.0. The Kier molecular flexibility index (Phi) is 6.48. The van der Waals surface area contributed by atoms with Crippen LogP contribution in [0.2, 0.25) is 0 Å². The zero-order valence-corrected chi connectivity index (χ0v) is 21.3. The van der Waals surface area contributed by atoms with Crippen molar-refractivity contribution < 1.29 is 14.6 Å². The molecule has 0 amide bonds. The molecule has 1 aliphatic heterocycles. The second-order valence-electron chi connectivity index (χ2n) is 11.2. The minimum atomic E-state index is -1.11. The number of ether oxygens (including phenoxy) is 1. The number of fused-ring (bicyclic) bond motifs is 1. The van der Waals surface area contributed by atoms with Gasteiger partial charge in [0.25, 0.3) is 0 Å². The van der Waals surface area contributed by atoms with Crippen LogP contribution in [-0.2, 0) is 10.3 Å². The molecule has 3 aliphatic carbocycles. The van der Waals surface area contributed by atoms with E-state index in [4.69, 9.17) is 4.74 Å². The number of cyclic esters (lactones) is 1. The van der Waals surface area contributed by atoms with Crippen LogP contribution in [0.15, 0.2) is 70.9 Å². The van der Waals surface area contributed by atoms with E-state index in [1.807, 2.05) is 36.4 Å². The highest BCUT2D eigenvalue weighted by Gasteiger charge is 2.50. The number of phenols is 1. The first-order chi connectivity index (χ1) is 18.1. The van der Waals surface area contributed by atoms with Crippen molar-refractivity contribution in [3.63, 3.8) is 0 Å². The Labute approximate surface area is 218 Å². The Morgan fingerprint density at radius 2 is 1.59 bits per heavy atom. The van der Waals surface area contributed by atoms with E-state index >= 15 is 0 Å². The molecule has 5 nitrogen and oxygen atoms in total. The maximum Gasteiger partial charge on any atom is 0.340 e. The molecule has 2 aromatic carbocycles. The molecule has 0 saturated heterocycles. The number of hydrogen-bond acceptors (Lipinski definition) is 5. The number of carbonyl (C=O) groups is 1. The van der Waals surface area contributed by atoms with Gasteiger partial charge in [-0.15, -0.1) is 0 Å². The largest absolute Gasteiger partial charge is 0.508 e. The predicted octanol–water partition coefficient (Wildman–Crippen LogP) is 7.83. The van der Waals surface area contributed by atoms with E-state index in [9.17, 15) is 14.8 Å². The highest BCUT2D eigenvalue weighted by molar-refractivity contribution is 5.96. The molecule has 1 N–H and O–H groups in total. The van der Waals surface area contributed by atoms with Crippen molar-refractivity contribution in [2.45, 2.75) is 88.2 Å². The van der Waals surface area contributed by atoms with Crippen molar-refractivity contribution in [1.82, 2.24) is 0 Å². The van der Waals surface area contributed by atoms with Crippen LogP contribution in [-0.4, -0.2) is 17.1 Å². The number of phenolic OH excluding ortho intramolecular Hbond substituents is 1. The molecule has 2 saturated carbocycles. The number of rotatable bonds is 5. The number of benzene rings is 2. The molecule has 192 valence electrons. The number of nitrogens with zero attached hydrogens (tertiary/aromatic N) is 1. The van der Waals surface area contributed by atoms with Gasteiger partial charge in [0.1, 0.15) is 11.8 Å². The van der Waals surface area contributed by atoms with Gasteiger partial charge < -0.3 is 9.84 Å². The van der Waals surface area contributed by atoms with Crippen LogP contribution in [0.25, 0.3) is 0 Å². The first-order valence-corrected chi connectivity index (χ1v) is 14.0. The van der Waals surface area contributed by atoms with Crippen molar-refractivity contribution >= 4 is 5.97 Å². The van der Waals surface area contributed by atoms with Gasteiger partial charge in [-0.25, -0.2) is 4.79 Å². The smallest absolute Gasteiger partial charge is 0.340 e. The summed E-state index contributed by atoms with van der Waals surface area (Å²) in [6, 6.07) is 13.0. The predicted molar refractivity (Wildman–Crippen MR) is 144 cm³/mol. The van der Waals surface area contributed by atoms with Crippen LogP contribution >= 0.6 is 0 Å². The summed E-state index contributed by atoms with van der Waals surface area (Å²) in [5, 5.41) is 14.4. The number of aromatic hydroxyl groups is 1. The molecular formula is C32H35NO4. The molecule has 37 heavy (non-hydrogen) atoms. The summed E-state index contributed by atoms with van der Waals surface area (Å²) in [6.07, 6.45) is 16.0. The fourth-order valence-corrected chi connectivity index (χ4v) is 7.21. The second kappa shape index (κ2) is 9.92. The quantitative estimate of drug-likeness (QED) is 0.337. The highest BCUT2D eigenvalue weighted by Crippen LogP contribution is 2.51. The van der Waals surface area contributed by atoms with E-state index in [1.54, 1.807) is 6.07 Å². The molecule has 0 spiro atoms. The van der Waals surface area contributed by atoms with Crippen molar-refractivity contribution in [2.75, 3.05) is 0 Å². The molecule has 4 aliphatic rings. The van der Waals surface area contributed by atoms with Crippen molar-refractivity contribution in [1.29, 1.82) is 0 Å². The second-order valence-corrected chi connectivity index (χ2v) is 11.2. The van der Waals surface area contributed by atoms with Crippen LogP contribution in [0.4, 0.5) is 0 Å². The van der Waals surface area contributed by atoms with E-state index in [0.29, 0.717) is 29.6 Å². The summed E-state index contributed by atoms with van der Waals surface area (Å²) in [6.45, 7) is 0. The van der Waals surface area contributed by atoms with Crippen LogP contribution in [0.5, 0.6) is 5.75 Å². The fraction of sp³-hybridized carbons (Fsp3) is 0.469. The molecule has 0 bridgehead atoms. The Bertz CT molecular complexity index is 1270. The van der Waals surface area contributed by atoms with Gasteiger partial charge in [0.05, 0.1) is 5.56 Å². The SMILES string of the molecule is O=NC1CC=C(C2(c3ccc(O)c(C4CCCCC4)c3)OC(=O)c3ccccc32)C=C1C1CCCCC1. The third kappa shape index (κ3) is 4.13. The number of nitroso groups, excluding NO2 is 1. The van der Waals surface area contributed by atoms with Crippen molar-refractivity contribution in [2.24, 2.45) is 11.1 Å². The Hall–Kier alpha value is -3.21. The molecular weight excluding hydrogens is 462 g/mol. The third-order valence-corrected chi connectivity index (χ3v) is 9.13. The number of carbonyl (C=O) groups excluding carboxylic acids is 1. The average Bonchev–Trinajstić information content (AvgIpc) is 3.27. The van der Waals surface area contributed by atoms with Crippen molar-refractivity contribution in [3.8, 4) is 5.75 Å². The van der Waals surface area contributed by atoms with Gasteiger partial charge in [-0.1, -0.05) is 80.1 Å². The minimum absolute atomic E-state index is 0.301. The summed E-state index contributed by atoms with van der Waals surface area (Å²) < 4.78 is 6.39. The lowest BCUT2D eigenvalue weighted by Gasteiger charge is -2.36.